The summed E-state index contributed by atoms with van der Waals surface area (Å²) in [6.45, 7) is 0. The van der Waals surface area contributed by atoms with Gasteiger partial charge in [0.2, 0.25) is 5.75 Å². The molecule has 0 fully saturated rings. The van der Waals surface area contributed by atoms with Crippen LogP contribution in [-0.4, -0.2) is 33.5 Å². The maximum absolute atomic E-state index is 9.78. The SMILES string of the molecule is COc1ccc(Oc2cc(OC)c(OC)c(OC)c2)cc1O. The van der Waals surface area contributed by atoms with Crippen LogP contribution >= 0.6 is 0 Å². The number of hydrogen-bond acceptors (Lipinski definition) is 6. The molecule has 22 heavy (non-hydrogen) atoms. The Hall–Kier alpha value is -2.76. The Balaban J connectivity index is 2.35. The number of hydrogen-bond donors (Lipinski definition) is 1. The quantitative estimate of drug-likeness (QED) is 0.884. The van der Waals surface area contributed by atoms with Gasteiger partial charge in [-0.2, -0.15) is 0 Å². The van der Waals surface area contributed by atoms with Gasteiger partial charge in [-0.25, -0.2) is 0 Å². The average Bonchev–Trinajstić information content (AvgIpc) is 2.54. The van der Waals surface area contributed by atoms with Gasteiger partial charge in [0.1, 0.15) is 11.5 Å². The van der Waals surface area contributed by atoms with Gasteiger partial charge in [0.15, 0.2) is 23.0 Å². The van der Waals surface area contributed by atoms with Gasteiger partial charge in [0.25, 0.3) is 0 Å². The molecule has 0 aromatic heterocycles. The van der Waals surface area contributed by atoms with Crippen molar-refractivity contribution in [3.63, 3.8) is 0 Å². The summed E-state index contributed by atoms with van der Waals surface area (Å²) < 4.78 is 26.5. The third-order valence-electron chi connectivity index (χ3n) is 3.02. The first-order valence-electron chi connectivity index (χ1n) is 6.47. The molecule has 6 nitrogen and oxygen atoms in total. The monoisotopic (exact) mass is 306 g/mol. The summed E-state index contributed by atoms with van der Waals surface area (Å²) in [6.07, 6.45) is 0. The summed E-state index contributed by atoms with van der Waals surface area (Å²) in [5.41, 5.74) is 0. The Kier molecular flexibility index (Phi) is 4.83. The summed E-state index contributed by atoms with van der Waals surface area (Å²) in [6, 6.07) is 8.09. The molecule has 6 heteroatoms. The topological polar surface area (TPSA) is 66.4 Å². The van der Waals surface area contributed by atoms with E-state index in [1.165, 1.54) is 34.5 Å². The Morgan fingerprint density at radius 3 is 1.73 bits per heavy atom. The van der Waals surface area contributed by atoms with E-state index in [-0.39, 0.29) is 5.75 Å². The number of phenolic OH excluding ortho intramolecular Hbond substituents is 1. The first-order chi connectivity index (χ1) is 10.6. The second-order valence-corrected chi connectivity index (χ2v) is 4.30. The molecule has 0 radical (unpaired) electrons. The van der Waals surface area contributed by atoms with Crippen molar-refractivity contribution in [2.45, 2.75) is 0 Å². The molecule has 0 heterocycles. The Labute approximate surface area is 128 Å². The van der Waals surface area contributed by atoms with Crippen LogP contribution < -0.4 is 23.7 Å². The highest BCUT2D eigenvalue weighted by Gasteiger charge is 2.14. The minimum absolute atomic E-state index is 0.00700. The standard InChI is InChI=1S/C16H18O6/c1-18-13-6-5-10(7-12(13)17)22-11-8-14(19-2)16(21-4)15(9-11)20-3/h5-9,17H,1-4H3. The molecule has 118 valence electrons. The van der Waals surface area contributed by atoms with Crippen LogP contribution in [-0.2, 0) is 0 Å². The van der Waals surface area contributed by atoms with Gasteiger partial charge in [0.05, 0.1) is 28.4 Å². The zero-order chi connectivity index (χ0) is 16.1. The van der Waals surface area contributed by atoms with Crippen molar-refractivity contribution in [1.29, 1.82) is 0 Å². The summed E-state index contributed by atoms with van der Waals surface area (Å²) in [7, 11) is 6.07. The molecule has 2 aromatic carbocycles. The molecule has 2 rings (SSSR count). The molecule has 0 saturated carbocycles. The molecule has 0 aliphatic carbocycles. The zero-order valence-corrected chi connectivity index (χ0v) is 12.9. The van der Waals surface area contributed by atoms with E-state index < -0.39 is 0 Å². The number of aromatic hydroxyl groups is 1. The van der Waals surface area contributed by atoms with E-state index in [9.17, 15) is 5.11 Å². The van der Waals surface area contributed by atoms with Crippen LogP contribution in [0.1, 0.15) is 0 Å². The van der Waals surface area contributed by atoms with Crippen molar-refractivity contribution in [3.05, 3.63) is 30.3 Å². The summed E-state index contributed by atoms with van der Waals surface area (Å²) >= 11 is 0. The predicted molar refractivity (Wildman–Crippen MR) is 80.8 cm³/mol. The smallest absolute Gasteiger partial charge is 0.203 e. The molecule has 0 amide bonds. The molecule has 0 atom stereocenters. The maximum Gasteiger partial charge on any atom is 0.203 e. The van der Waals surface area contributed by atoms with Crippen LogP contribution in [0.4, 0.5) is 0 Å². The maximum atomic E-state index is 9.78. The van der Waals surface area contributed by atoms with Crippen LogP contribution in [0, 0.1) is 0 Å². The summed E-state index contributed by atoms with van der Waals surface area (Å²) in [4.78, 5) is 0. The third-order valence-corrected chi connectivity index (χ3v) is 3.02. The van der Waals surface area contributed by atoms with Gasteiger partial charge in [-0.05, 0) is 12.1 Å². The third kappa shape index (κ3) is 3.11. The minimum atomic E-state index is -0.00700. The van der Waals surface area contributed by atoms with Gasteiger partial charge < -0.3 is 28.8 Å². The van der Waals surface area contributed by atoms with Gasteiger partial charge in [-0.15, -0.1) is 0 Å². The number of rotatable bonds is 6. The van der Waals surface area contributed by atoms with Crippen LogP contribution in [0.2, 0.25) is 0 Å². The largest absolute Gasteiger partial charge is 0.504 e. The molecule has 0 spiro atoms. The second-order valence-electron chi connectivity index (χ2n) is 4.30. The second kappa shape index (κ2) is 6.80. The minimum Gasteiger partial charge on any atom is -0.504 e. The molecule has 1 N–H and O–H groups in total. The van der Waals surface area contributed by atoms with Gasteiger partial charge >= 0.3 is 0 Å². The number of phenols is 1. The van der Waals surface area contributed by atoms with Crippen LogP contribution in [0.25, 0.3) is 0 Å². The van der Waals surface area contributed by atoms with E-state index in [2.05, 4.69) is 0 Å². The van der Waals surface area contributed by atoms with E-state index in [4.69, 9.17) is 23.7 Å². The Morgan fingerprint density at radius 2 is 1.27 bits per heavy atom. The normalized spacial score (nSPS) is 10.0. The summed E-state index contributed by atoms with van der Waals surface area (Å²) in [5, 5.41) is 9.78. The highest BCUT2D eigenvalue weighted by molar-refractivity contribution is 5.57. The Morgan fingerprint density at radius 1 is 0.682 bits per heavy atom. The fourth-order valence-electron chi connectivity index (χ4n) is 1.99. The number of benzene rings is 2. The highest BCUT2D eigenvalue weighted by atomic mass is 16.5. The molecule has 0 bridgehead atoms. The molecular formula is C16H18O6. The van der Waals surface area contributed by atoms with Crippen molar-refractivity contribution in [2.24, 2.45) is 0 Å². The highest BCUT2D eigenvalue weighted by Crippen LogP contribution is 2.42. The molecular weight excluding hydrogens is 288 g/mol. The van der Waals surface area contributed by atoms with Crippen LogP contribution in [0.3, 0.4) is 0 Å². The number of ether oxygens (including phenoxy) is 5. The fraction of sp³-hybridized carbons (Fsp3) is 0.250. The lowest BCUT2D eigenvalue weighted by atomic mass is 10.2. The lowest BCUT2D eigenvalue weighted by Crippen LogP contribution is -1.96. The van der Waals surface area contributed by atoms with Crippen molar-refractivity contribution in [3.8, 4) is 40.2 Å². The van der Waals surface area contributed by atoms with Gasteiger partial charge in [-0.1, -0.05) is 0 Å². The zero-order valence-electron chi connectivity index (χ0n) is 12.9. The van der Waals surface area contributed by atoms with Crippen molar-refractivity contribution < 1.29 is 28.8 Å². The molecule has 0 aliphatic heterocycles. The van der Waals surface area contributed by atoms with Crippen molar-refractivity contribution in [1.82, 2.24) is 0 Å². The predicted octanol–water partition coefficient (Wildman–Crippen LogP) is 3.22. The molecule has 0 aliphatic rings. The van der Waals surface area contributed by atoms with E-state index in [1.807, 2.05) is 0 Å². The van der Waals surface area contributed by atoms with E-state index in [1.54, 1.807) is 24.3 Å². The lowest BCUT2D eigenvalue weighted by molar-refractivity contribution is 0.321. The van der Waals surface area contributed by atoms with Crippen molar-refractivity contribution >= 4 is 0 Å². The van der Waals surface area contributed by atoms with Crippen LogP contribution in [0.15, 0.2) is 30.3 Å². The lowest BCUT2D eigenvalue weighted by Gasteiger charge is -2.14. The van der Waals surface area contributed by atoms with Crippen molar-refractivity contribution in [2.75, 3.05) is 28.4 Å². The number of methoxy groups -OCH3 is 4. The van der Waals surface area contributed by atoms with E-state index in [0.29, 0.717) is 34.5 Å². The van der Waals surface area contributed by atoms with E-state index >= 15 is 0 Å². The first kappa shape index (κ1) is 15.6. The van der Waals surface area contributed by atoms with Crippen LogP contribution in [0.5, 0.6) is 40.2 Å². The Bertz CT molecular complexity index is 628. The van der Waals surface area contributed by atoms with E-state index in [0.717, 1.165) is 0 Å². The summed E-state index contributed by atoms with van der Waals surface area (Å²) in [5.74, 6) is 2.75. The first-order valence-corrected chi connectivity index (χ1v) is 6.47. The van der Waals surface area contributed by atoms with Gasteiger partial charge in [-0.3, -0.25) is 0 Å². The molecule has 0 unspecified atom stereocenters. The molecule has 2 aromatic rings. The van der Waals surface area contributed by atoms with Gasteiger partial charge in [0, 0.05) is 18.2 Å². The molecule has 0 saturated heterocycles. The average molecular weight is 306 g/mol. The fourth-order valence-corrected chi connectivity index (χ4v) is 1.99.